The van der Waals surface area contributed by atoms with Gasteiger partial charge in [-0.25, -0.2) is 9.37 Å². The molecule has 0 atom stereocenters. The zero-order chi connectivity index (χ0) is 14.3. The monoisotopic (exact) mass is 289 g/mol. The van der Waals surface area contributed by atoms with Gasteiger partial charge in [0.15, 0.2) is 0 Å². The molecular formula is C15H13ClFN3. The van der Waals surface area contributed by atoms with Crippen LogP contribution in [0.2, 0.25) is 5.02 Å². The molecule has 5 heteroatoms. The van der Waals surface area contributed by atoms with Crippen molar-refractivity contribution in [3.05, 3.63) is 53.1 Å². The zero-order valence-corrected chi connectivity index (χ0v) is 11.7. The summed E-state index contributed by atoms with van der Waals surface area (Å²) in [5, 5.41) is 0.357. The molecule has 1 aromatic heterocycles. The maximum atomic E-state index is 13.2. The number of halogens is 2. The second-order valence-electron chi connectivity index (χ2n) is 4.56. The van der Waals surface area contributed by atoms with Crippen LogP contribution in [0, 0.1) is 5.82 Å². The van der Waals surface area contributed by atoms with E-state index in [-0.39, 0.29) is 5.82 Å². The molecule has 0 amide bonds. The number of benzene rings is 2. The maximum Gasteiger partial charge on any atom is 0.124 e. The molecule has 0 radical (unpaired) electrons. The summed E-state index contributed by atoms with van der Waals surface area (Å²) in [5.41, 5.74) is 8.88. The number of aryl methyl sites for hydroxylation is 1. The Morgan fingerprint density at radius 2 is 2.05 bits per heavy atom. The molecule has 3 rings (SSSR count). The smallest absolute Gasteiger partial charge is 0.124 e. The minimum atomic E-state index is -0.356. The first-order chi connectivity index (χ1) is 9.60. The number of rotatable bonds is 2. The van der Waals surface area contributed by atoms with Gasteiger partial charge in [0.2, 0.25) is 0 Å². The van der Waals surface area contributed by atoms with Gasteiger partial charge in [-0.05, 0) is 36.4 Å². The van der Waals surface area contributed by atoms with E-state index in [4.69, 9.17) is 17.3 Å². The molecule has 20 heavy (non-hydrogen) atoms. The normalized spacial score (nSPS) is 11.2. The summed E-state index contributed by atoms with van der Waals surface area (Å²) in [7, 11) is 0. The summed E-state index contributed by atoms with van der Waals surface area (Å²) in [6.45, 7) is 2.01. The second-order valence-corrected chi connectivity index (χ2v) is 4.97. The van der Waals surface area contributed by atoms with E-state index in [0.29, 0.717) is 10.7 Å². The van der Waals surface area contributed by atoms with Gasteiger partial charge in [-0.2, -0.15) is 0 Å². The van der Waals surface area contributed by atoms with Crippen molar-refractivity contribution in [3.63, 3.8) is 0 Å². The van der Waals surface area contributed by atoms with Crippen LogP contribution in [-0.2, 0) is 6.42 Å². The lowest BCUT2D eigenvalue weighted by atomic mass is 10.2. The van der Waals surface area contributed by atoms with E-state index in [2.05, 4.69) is 4.98 Å². The molecule has 1 heterocycles. The summed E-state index contributed by atoms with van der Waals surface area (Å²) in [5.74, 6) is 0.504. The standard InChI is InChI=1S/C15H13ClFN3/c1-2-15-19-12-8-10(18)4-6-14(12)20(15)13-5-3-9(17)7-11(13)16/h3-8H,2,18H2,1H3. The largest absolute Gasteiger partial charge is 0.399 e. The van der Waals surface area contributed by atoms with E-state index in [1.807, 2.05) is 29.7 Å². The second kappa shape index (κ2) is 4.80. The third-order valence-corrected chi connectivity index (χ3v) is 3.52. The van der Waals surface area contributed by atoms with Crippen LogP contribution >= 0.6 is 11.6 Å². The molecule has 0 unspecified atom stereocenters. The van der Waals surface area contributed by atoms with Gasteiger partial charge in [0.25, 0.3) is 0 Å². The minimum absolute atomic E-state index is 0.356. The molecular weight excluding hydrogens is 277 g/mol. The number of aromatic nitrogens is 2. The molecule has 0 bridgehead atoms. The Balaban J connectivity index is 2.34. The van der Waals surface area contributed by atoms with Crippen molar-refractivity contribution in [2.45, 2.75) is 13.3 Å². The molecule has 0 aliphatic rings. The summed E-state index contributed by atoms with van der Waals surface area (Å²) >= 11 is 6.17. The highest BCUT2D eigenvalue weighted by Crippen LogP contribution is 2.28. The molecule has 3 nitrogen and oxygen atoms in total. The van der Waals surface area contributed by atoms with Gasteiger partial charge in [0.1, 0.15) is 11.6 Å². The van der Waals surface area contributed by atoms with Crippen LogP contribution in [0.3, 0.4) is 0 Å². The van der Waals surface area contributed by atoms with Crippen molar-refractivity contribution in [3.8, 4) is 5.69 Å². The Bertz CT molecular complexity index is 795. The molecule has 0 saturated heterocycles. The highest BCUT2D eigenvalue weighted by Gasteiger charge is 2.14. The van der Waals surface area contributed by atoms with E-state index in [0.717, 1.165) is 29.0 Å². The number of hydrogen-bond donors (Lipinski definition) is 1. The quantitative estimate of drug-likeness (QED) is 0.726. The first-order valence-electron chi connectivity index (χ1n) is 6.32. The average Bonchev–Trinajstić information content (AvgIpc) is 2.76. The van der Waals surface area contributed by atoms with E-state index in [1.165, 1.54) is 12.1 Å². The lowest BCUT2D eigenvalue weighted by Gasteiger charge is -2.10. The lowest BCUT2D eigenvalue weighted by molar-refractivity contribution is 0.627. The van der Waals surface area contributed by atoms with Gasteiger partial charge in [0, 0.05) is 12.1 Å². The van der Waals surface area contributed by atoms with Gasteiger partial charge in [-0.3, -0.25) is 4.57 Å². The third-order valence-electron chi connectivity index (χ3n) is 3.21. The first kappa shape index (κ1) is 12.9. The molecule has 0 fully saturated rings. The van der Waals surface area contributed by atoms with Gasteiger partial charge in [-0.1, -0.05) is 18.5 Å². The molecule has 0 saturated carbocycles. The Morgan fingerprint density at radius 3 is 2.75 bits per heavy atom. The first-order valence-corrected chi connectivity index (χ1v) is 6.70. The number of fused-ring (bicyclic) bond motifs is 1. The van der Waals surface area contributed by atoms with E-state index >= 15 is 0 Å². The fraction of sp³-hybridized carbons (Fsp3) is 0.133. The highest BCUT2D eigenvalue weighted by molar-refractivity contribution is 6.32. The van der Waals surface area contributed by atoms with Crippen LogP contribution in [-0.4, -0.2) is 9.55 Å². The average molecular weight is 290 g/mol. The molecule has 0 spiro atoms. The molecule has 102 valence electrons. The fourth-order valence-electron chi connectivity index (χ4n) is 2.32. The molecule has 2 aromatic carbocycles. The van der Waals surface area contributed by atoms with Crippen LogP contribution in [0.25, 0.3) is 16.7 Å². The number of anilines is 1. The lowest BCUT2D eigenvalue weighted by Crippen LogP contribution is -2.01. The summed E-state index contributed by atoms with van der Waals surface area (Å²) in [4.78, 5) is 4.56. The maximum absolute atomic E-state index is 13.2. The van der Waals surface area contributed by atoms with Gasteiger partial charge < -0.3 is 5.73 Å². The van der Waals surface area contributed by atoms with Crippen molar-refractivity contribution in [2.24, 2.45) is 0 Å². The van der Waals surface area contributed by atoms with Crippen LogP contribution in [0.1, 0.15) is 12.7 Å². The van der Waals surface area contributed by atoms with Crippen molar-refractivity contribution < 1.29 is 4.39 Å². The molecule has 2 N–H and O–H groups in total. The van der Waals surface area contributed by atoms with Gasteiger partial charge in [-0.15, -0.1) is 0 Å². The zero-order valence-electron chi connectivity index (χ0n) is 10.9. The number of nitrogens with zero attached hydrogens (tertiary/aromatic N) is 2. The van der Waals surface area contributed by atoms with Crippen LogP contribution in [0.5, 0.6) is 0 Å². The molecule has 0 aliphatic heterocycles. The number of imidazole rings is 1. The number of nitrogen functional groups attached to an aromatic ring is 1. The topological polar surface area (TPSA) is 43.8 Å². The van der Waals surface area contributed by atoms with Crippen molar-refractivity contribution in [1.29, 1.82) is 0 Å². The molecule has 3 aromatic rings. The van der Waals surface area contributed by atoms with E-state index < -0.39 is 0 Å². The van der Waals surface area contributed by atoms with E-state index in [1.54, 1.807) is 6.07 Å². The Kier molecular flexibility index (Phi) is 3.10. The predicted molar refractivity (Wildman–Crippen MR) is 79.8 cm³/mol. The Labute approximate surface area is 120 Å². The van der Waals surface area contributed by atoms with Crippen molar-refractivity contribution in [2.75, 3.05) is 5.73 Å². The van der Waals surface area contributed by atoms with Crippen molar-refractivity contribution >= 4 is 28.3 Å². The Morgan fingerprint density at radius 1 is 1.25 bits per heavy atom. The summed E-state index contributed by atoms with van der Waals surface area (Å²) in [6, 6.07) is 9.90. The van der Waals surface area contributed by atoms with Gasteiger partial charge in [0.05, 0.1) is 21.7 Å². The van der Waals surface area contributed by atoms with E-state index in [9.17, 15) is 4.39 Å². The fourth-order valence-corrected chi connectivity index (χ4v) is 2.57. The predicted octanol–water partition coefficient (Wildman–Crippen LogP) is 3.96. The van der Waals surface area contributed by atoms with Crippen molar-refractivity contribution in [1.82, 2.24) is 9.55 Å². The SMILES string of the molecule is CCc1nc2cc(N)ccc2n1-c1ccc(F)cc1Cl. The van der Waals surface area contributed by atoms with Crippen LogP contribution < -0.4 is 5.73 Å². The third kappa shape index (κ3) is 2.02. The number of nitrogens with two attached hydrogens (primary N) is 1. The Hall–Kier alpha value is -2.07. The van der Waals surface area contributed by atoms with Crippen LogP contribution in [0.4, 0.5) is 10.1 Å². The minimum Gasteiger partial charge on any atom is -0.399 e. The van der Waals surface area contributed by atoms with Gasteiger partial charge >= 0.3 is 0 Å². The summed E-state index contributed by atoms with van der Waals surface area (Å²) in [6.07, 6.45) is 0.738. The number of hydrogen-bond acceptors (Lipinski definition) is 2. The highest BCUT2D eigenvalue weighted by atomic mass is 35.5. The van der Waals surface area contributed by atoms with Crippen LogP contribution in [0.15, 0.2) is 36.4 Å². The molecule has 0 aliphatic carbocycles. The summed E-state index contributed by atoms with van der Waals surface area (Å²) < 4.78 is 15.2.